The van der Waals surface area contributed by atoms with Crippen molar-refractivity contribution in [2.24, 2.45) is 5.92 Å². The van der Waals surface area contributed by atoms with Crippen LogP contribution in [0, 0.1) is 12.8 Å². The number of amides is 1. The molecule has 1 atom stereocenters. The molecule has 0 bridgehead atoms. The molecule has 35 heavy (non-hydrogen) atoms. The van der Waals surface area contributed by atoms with Crippen molar-refractivity contribution in [3.8, 4) is 11.4 Å². The Morgan fingerprint density at radius 3 is 2.51 bits per heavy atom. The number of benzene rings is 2. The first-order valence-corrected chi connectivity index (χ1v) is 12.9. The number of nitrogens with one attached hydrogen (secondary N) is 1. The SMILES string of the molecule is Cc1ccc(-c2nccc(N3CCC[C@H](C(=O)NC4CCN(Cc5ccccc5)CC4)C3)n2)cc1. The van der Waals surface area contributed by atoms with Gasteiger partial charge in [-0.05, 0) is 44.2 Å². The van der Waals surface area contributed by atoms with Crippen molar-refractivity contribution >= 4 is 11.7 Å². The largest absolute Gasteiger partial charge is 0.356 e. The lowest BCUT2D eigenvalue weighted by molar-refractivity contribution is -0.126. The van der Waals surface area contributed by atoms with Crippen molar-refractivity contribution in [2.75, 3.05) is 31.1 Å². The summed E-state index contributed by atoms with van der Waals surface area (Å²) >= 11 is 0. The lowest BCUT2D eigenvalue weighted by Gasteiger charge is -2.36. The van der Waals surface area contributed by atoms with Crippen LogP contribution in [-0.4, -0.2) is 53.0 Å². The number of piperidine rings is 2. The van der Waals surface area contributed by atoms with E-state index in [1.54, 1.807) is 0 Å². The zero-order valence-corrected chi connectivity index (χ0v) is 20.6. The Morgan fingerprint density at radius 2 is 1.74 bits per heavy atom. The number of hydrogen-bond acceptors (Lipinski definition) is 5. The third-order valence-corrected chi connectivity index (χ3v) is 7.25. The Kier molecular flexibility index (Phi) is 7.38. The Labute approximate surface area is 208 Å². The zero-order valence-electron chi connectivity index (χ0n) is 20.6. The van der Waals surface area contributed by atoms with Crippen LogP contribution in [0.25, 0.3) is 11.4 Å². The van der Waals surface area contributed by atoms with Crippen LogP contribution >= 0.6 is 0 Å². The second kappa shape index (κ2) is 11.0. The van der Waals surface area contributed by atoms with Gasteiger partial charge in [0.15, 0.2) is 5.82 Å². The number of carbonyl (C=O) groups is 1. The van der Waals surface area contributed by atoms with Gasteiger partial charge in [-0.1, -0.05) is 60.2 Å². The molecule has 2 aromatic carbocycles. The van der Waals surface area contributed by atoms with E-state index in [9.17, 15) is 4.79 Å². The van der Waals surface area contributed by atoms with Gasteiger partial charge in [-0.25, -0.2) is 9.97 Å². The van der Waals surface area contributed by atoms with Gasteiger partial charge in [0.1, 0.15) is 5.82 Å². The lowest BCUT2D eigenvalue weighted by atomic mass is 9.95. The maximum atomic E-state index is 13.2. The standard InChI is InChI=1S/C29H35N5O/c1-22-9-11-24(12-10-22)28-30-16-13-27(32-28)34-17-5-8-25(21-34)29(35)31-26-14-18-33(19-15-26)20-23-6-3-2-4-7-23/h2-4,6-7,9-13,16,25-26H,5,8,14-15,17-21H2,1H3,(H,31,35)/t25-/m0/s1. The molecule has 1 aromatic heterocycles. The highest BCUT2D eigenvalue weighted by atomic mass is 16.2. The molecule has 2 aliphatic rings. The molecule has 0 aliphatic carbocycles. The maximum absolute atomic E-state index is 13.2. The molecule has 3 aromatic rings. The van der Waals surface area contributed by atoms with Crippen molar-refractivity contribution in [1.29, 1.82) is 0 Å². The first-order chi connectivity index (χ1) is 17.1. The van der Waals surface area contributed by atoms with Crippen LogP contribution in [0.5, 0.6) is 0 Å². The van der Waals surface area contributed by atoms with Crippen LogP contribution in [-0.2, 0) is 11.3 Å². The Hall–Kier alpha value is -3.25. The summed E-state index contributed by atoms with van der Waals surface area (Å²) in [7, 11) is 0. The summed E-state index contributed by atoms with van der Waals surface area (Å²) in [5.41, 5.74) is 3.59. The van der Waals surface area contributed by atoms with E-state index in [1.165, 1.54) is 11.1 Å². The minimum Gasteiger partial charge on any atom is -0.356 e. The Bertz CT molecular complexity index is 1110. The molecule has 6 nitrogen and oxygen atoms in total. The lowest BCUT2D eigenvalue weighted by Crippen LogP contribution is -2.49. The van der Waals surface area contributed by atoms with Gasteiger partial charge in [0.25, 0.3) is 0 Å². The molecule has 0 saturated carbocycles. The highest BCUT2D eigenvalue weighted by molar-refractivity contribution is 5.80. The molecular formula is C29H35N5O. The third-order valence-electron chi connectivity index (χ3n) is 7.25. The number of aryl methyl sites for hydroxylation is 1. The van der Waals surface area contributed by atoms with Crippen molar-refractivity contribution < 1.29 is 4.79 Å². The highest BCUT2D eigenvalue weighted by Crippen LogP contribution is 2.25. The van der Waals surface area contributed by atoms with Gasteiger partial charge in [0.2, 0.25) is 5.91 Å². The molecule has 6 heteroatoms. The van der Waals surface area contributed by atoms with E-state index in [0.717, 1.165) is 69.1 Å². The molecule has 2 saturated heterocycles. The Balaban J connectivity index is 1.14. The molecule has 3 heterocycles. The summed E-state index contributed by atoms with van der Waals surface area (Å²) < 4.78 is 0. The predicted molar refractivity (Wildman–Crippen MR) is 140 cm³/mol. The molecule has 1 amide bonds. The topological polar surface area (TPSA) is 61.4 Å². The minimum atomic E-state index is 0.00360. The molecule has 0 spiro atoms. The van der Waals surface area contributed by atoms with Crippen LogP contribution in [0.2, 0.25) is 0 Å². The van der Waals surface area contributed by atoms with Gasteiger partial charge < -0.3 is 10.2 Å². The highest BCUT2D eigenvalue weighted by Gasteiger charge is 2.29. The molecular weight excluding hydrogens is 434 g/mol. The second-order valence-electron chi connectivity index (χ2n) is 9.93. The van der Waals surface area contributed by atoms with E-state index in [1.807, 2.05) is 12.3 Å². The van der Waals surface area contributed by atoms with Crippen LogP contribution < -0.4 is 10.2 Å². The number of aromatic nitrogens is 2. The summed E-state index contributed by atoms with van der Waals surface area (Å²) in [5.74, 6) is 1.84. The molecule has 5 rings (SSSR count). The van der Waals surface area contributed by atoms with E-state index >= 15 is 0 Å². The predicted octanol–water partition coefficient (Wildman–Crippen LogP) is 4.45. The average Bonchev–Trinajstić information content (AvgIpc) is 2.91. The quantitative estimate of drug-likeness (QED) is 0.578. The molecule has 182 valence electrons. The number of rotatable bonds is 6. The fraction of sp³-hybridized carbons (Fsp3) is 0.414. The third kappa shape index (κ3) is 6.06. The maximum Gasteiger partial charge on any atom is 0.225 e. The molecule has 2 aliphatic heterocycles. The second-order valence-corrected chi connectivity index (χ2v) is 9.93. The normalized spacial score (nSPS) is 19.5. The first kappa shape index (κ1) is 23.5. The van der Waals surface area contributed by atoms with Crippen LogP contribution in [0.15, 0.2) is 66.9 Å². The van der Waals surface area contributed by atoms with Gasteiger partial charge >= 0.3 is 0 Å². The molecule has 1 N–H and O–H groups in total. The van der Waals surface area contributed by atoms with Crippen molar-refractivity contribution in [3.63, 3.8) is 0 Å². The summed E-state index contributed by atoms with van der Waals surface area (Å²) in [5, 5.41) is 3.36. The van der Waals surface area contributed by atoms with Gasteiger partial charge in [0, 0.05) is 50.5 Å². The van der Waals surface area contributed by atoms with E-state index in [-0.39, 0.29) is 17.9 Å². The monoisotopic (exact) mass is 469 g/mol. The summed E-state index contributed by atoms with van der Waals surface area (Å²) in [4.78, 5) is 27.2. The zero-order chi connectivity index (χ0) is 24.0. The number of nitrogens with zero attached hydrogens (tertiary/aromatic N) is 4. The van der Waals surface area contributed by atoms with Gasteiger partial charge in [-0.15, -0.1) is 0 Å². The average molecular weight is 470 g/mol. The number of likely N-dealkylation sites (tertiary alicyclic amines) is 1. The van der Waals surface area contributed by atoms with E-state index in [2.05, 4.69) is 81.6 Å². The van der Waals surface area contributed by atoms with Gasteiger partial charge in [-0.2, -0.15) is 0 Å². The van der Waals surface area contributed by atoms with Crippen molar-refractivity contribution in [1.82, 2.24) is 20.2 Å². The van der Waals surface area contributed by atoms with E-state index in [0.29, 0.717) is 6.54 Å². The minimum absolute atomic E-state index is 0.00360. The molecule has 2 fully saturated rings. The van der Waals surface area contributed by atoms with Gasteiger partial charge in [-0.3, -0.25) is 9.69 Å². The van der Waals surface area contributed by atoms with E-state index in [4.69, 9.17) is 4.98 Å². The number of hydrogen-bond donors (Lipinski definition) is 1. The van der Waals surface area contributed by atoms with E-state index < -0.39 is 0 Å². The first-order valence-electron chi connectivity index (χ1n) is 12.9. The number of anilines is 1. The Morgan fingerprint density at radius 1 is 0.971 bits per heavy atom. The molecule has 0 radical (unpaired) electrons. The fourth-order valence-corrected chi connectivity index (χ4v) is 5.16. The summed E-state index contributed by atoms with van der Waals surface area (Å²) in [6.45, 7) is 6.75. The number of carbonyl (C=O) groups excluding carboxylic acids is 1. The van der Waals surface area contributed by atoms with Crippen molar-refractivity contribution in [2.45, 2.75) is 45.2 Å². The van der Waals surface area contributed by atoms with Gasteiger partial charge in [0.05, 0.1) is 5.92 Å². The molecule has 0 unspecified atom stereocenters. The van der Waals surface area contributed by atoms with Crippen LogP contribution in [0.4, 0.5) is 5.82 Å². The van der Waals surface area contributed by atoms with Crippen molar-refractivity contribution in [3.05, 3.63) is 78.0 Å². The summed E-state index contributed by atoms with van der Waals surface area (Å²) in [6.07, 6.45) is 5.79. The summed E-state index contributed by atoms with van der Waals surface area (Å²) in [6, 6.07) is 21.1. The fourth-order valence-electron chi connectivity index (χ4n) is 5.16. The van der Waals surface area contributed by atoms with Crippen LogP contribution in [0.3, 0.4) is 0 Å². The van der Waals surface area contributed by atoms with Crippen LogP contribution in [0.1, 0.15) is 36.8 Å². The smallest absolute Gasteiger partial charge is 0.225 e.